The van der Waals surface area contributed by atoms with E-state index < -0.39 is 27.6 Å². The lowest BCUT2D eigenvalue weighted by Gasteiger charge is -2.12. The van der Waals surface area contributed by atoms with Crippen LogP contribution in [0.1, 0.15) is 25.3 Å². The smallest absolute Gasteiger partial charge is 0.189 e. The van der Waals surface area contributed by atoms with Crippen molar-refractivity contribution in [1.82, 2.24) is 20.4 Å². The average Bonchev–Trinajstić information content (AvgIpc) is 3.65. The number of sulfone groups is 1. The van der Waals surface area contributed by atoms with E-state index in [2.05, 4.69) is 20.4 Å². The van der Waals surface area contributed by atoms with E-state index in [0.717, 1.165) is 18.6 Å². The predicted molar refractivity (Wildman–Crippen MR) is 146 cm³/mol. The monoisotopic (exact) mass is 569 g/mol. The molecule has 4 aromatic rings. The van der Waals surface area contributed by atoms with E-state index in [-0.39, 0.29) is 45.9 Å². The van der Waals surface area contributed by atoms with Gasteiger partial charge < -0.3 is 20.3 Å². The Labute approximate surface area is 230 Å². The van der Waals surface area contributed by atoms with Gasteiger partial charge in [0.15, 0.2) is 27.1 Å². The zero-order chi connectivity index (χ0) is 28.3. The van der Waals surface area contributed by atoms with Crippen molar-refractivity contribution in [3.63, 3.8) is 0 Å². The maximum absolute atomic E-state index is 15.0. The van der Waals surface area contributed by atoms with Crippen molar-refractivity contribution in [2.75, 3.05) is 25.6 Å². The van der Waals surface area contributed by atoms with Gasteiger partial charge in [0, 0.05) is 36.4 Å². The number of hydrogen-bond donors (Lipinski definition) is 2. The summed E-state index contributed by atoms with van der Waals surface area (Å²) in [7, 11) is -3.65. The number of nitrogens with one attached hydrogen (secondary N) is 1. The number of anilines is 1. The molecule has 0 bridgehead atoms. The van der Waals surface area contributed by atoms with Crippen LogP contribution in [0.15, 0.2) is 64.1 Å². The number of benzene rings is 2. The second-order valence-corrected chi connectivity index (χ2v) is 12.0. The molecule has 1 unspecified atom stereocenters. The lowest BCUT2D eigenvalue weighted by Crippen LogP contribution is -2.28. The number of alkyl halides is 1. The van der Waals surface area contributed by atoms with Crippen molar-refractivity contribution < 1.29 is 26.5 Å². The predicted octanol–water partition coefficient (Wildman–Crippen LogP) is 4.59. The quantitative estimate of drug-likeness (QED) is 0.281. The zero-order valence-electron chi connectivity index (χ0n) is 21.8. The molecule has 0 aliphatic carbocycles. The second-order valence-electron chi connectivity index (χ2n) is 9.68. The number of nitrogen functional groups attached to an aromatic ring is 1. The van der Waals surface area contributed by atoms with Gasteiger partial charge in [-0.1, -0.05) is 23.4 Å². The summed E-state index contributed by atoms with van der Waals surface area (Å²) in [5.41, 5.74) is 8.63. The number of ether oxygens (including phenoxy) is 1. The SMILES string of the molecule is CC(CCF)S(=O)(=O)c1ccc(-c2cnc(N)c(-c3cc(-c4ccc(CN[C@@H]5CCOC5)cc4F)no3)n2)cc1. The molecule has 2 atom stereocenters. The fourth-order valence-electron chi connectivity index (χ4n) is 4.42. The molecule has 2 aromatic carbocycles. The molecule has 1 saturated heterocycles. The van der Waals surface area contributed by atoms with Crippen molar-refractivity contribution in [3.8, 4) is 34.0 Å². The first-order valence-electron chi connectivity index (χ1n) is 12.9. The third-order valence-corrected chi connectivity index (χ3v) is 9.13. The summed E-state index contributed by atoms with van der Waals surface area (Å²) < 4.78 is 63.7. The van der Waals surface area contributed by atoms with Crippen LogP contribution in [-0.4, -0.2) is 54.7 Å². The van der Waals surface area contributed by atoms with E-state index in [1.54, 1.807) is 18.2 Å². The highest BCUT2D eigenvalue weighted by atomic mass is 32.2. The Morgan fingerprint density at radius 3 is 2.65 bits per heavy atom. The van der Waals surface area contributed by atoms with Crippen molar-refractivity contribution in [2.24, 2.45) is 0 Å². The van der Waals surface area contributed by atoms with Crippen LogP contribution in [0.4, 0.5) is 14.6 Å². The highest BCUT2D eigenvalue weighted by Gasteiger charge is 2.23. The number of rotatable bonds is 10. The van der Waals surface area contributed by atoms with E-state index in [1.165, 1.54) is 37.4 Å². The molecular weight excluding hydrogens is 540 g/mol. The van der Waals surface area contributed by atoms with Gasteiger partial charge in [0.05, 0.1) is 35.3 Å². The molecule has 0 spiro atoms. The first-order chi connectivity index (χ1) is 19.3. The second kappa shape index (κ2) is 11.8. The first kappa shape index (κ1) is 27.8. The summed E-state index contributed by atoms with van der Waals surface area (Å²) in [5.74, 6) is -0.151. The van der Waals surface area contributed by atoms with Crippen molar-refractivity contribution >= 4 is 15.7 Å². The molecule has 1 fully saturated rings. The molecule has 3 heterocycles. The van der Waals surface area contributed by atoms with E-state index in [1.807, 2.05) is 6.07 Å². The third-order valence-electron chi connectivity index (χ3n) is 6.90. The van der Waals surface area contributed by atoms with Gasteiger partial charge in [-0.2, -0.15) is 0 Å². The largest absolute Gasteiger partial charge is 0.382 e. The summed E-state index contributed by atoms with van der Waals surface area (Å²) in [4.78, 5) is 8.83. The molecule has 2 aromatic heterocycles. The van der Waals surface area contributed by atoms with E-state index in [0.29, 0.717) is 24.4 Å². The first-order valence-corrected chi connectivity index (χ1v) is 14.4. The van der Waals surface area contributed by atoms with Crippen molar-refractivity contribution in [1.29, 1.82) is 0 Å². The van der Waals surface area contributed by atoms with Crippen LogP contribution >= 0.6 is 0 Å². The van der Waals surface area contributed by atoms with Crippen LogP contribution in [0.25, 0.3) is 34.0 Å². The molecule has 1 aliphatic heterocycles. The van der Waals surface area contributed by atoms with Crippen LogP contribution < -0.4 is 11.1 Å². The normalized spacial score (nSPS) is 16.3. The topological polar surface area (TPSA) is 133 Å². The summed E-state index contributed by atoms with van der Waals surface area (Å²) in [5, 5.41) is 6.53. The Hall–Kier alpha value is -3.74. The Bertz CT molecular complexity index is 1590. The maximum atomic E-state index is 15.0. The molecule has 0 amide bonds. The summed E-state index contributed by atoms with van der Waals surface area (Å²) in [6.45, 7) is 2.69. The lowest BCUT2D eigenvalue weighted by atomic mass is 10.1. The molecule has 0 saturated carbocycles. The highest BCUT2D eigenvalue weighted by molar-refractivity contribution is 7.92. The molecule has 210 valence electrons. The molecule has 5 rings (SSSR count). The van der Waals surface area contributed by atoms with Crippen LogP contribution in [0.2, 0.25) is 0 Å². The van der Waals surface area contributed by atoms with E-state index >= 15 is 0 Å². The summed E-state index contributed by atoms with van der Waals surface area (Å²) in [6, 6.07) is 12.8. The minimum Gasteiger partial charge on any atom is -0.382 e. The number of nitrogens with two attached hydrogens (primary N) is 1. The zero-order valence-corrected chi connectivity index (χ0v) is 22.6. The molecular formula is C28H29F2N5O4S. The van der Waals surface area contributed by atoms with E-state index in [9.17, 15) is 17.2 Å². The fourth-order valence-corrected chi connectivity index (χ4v) is 5.80. The maximum Gasteiger partial charge on any atom is 0.189 e. The van der Waals surface area contributed by atoms with Crippen LogP contribution in [0.3, 0.4) is 0 Å². The van der Waals surface area contributed by atoms with Gasteiger partial charge in [0.25, 0.3) is 0 Å². The summed E-state index contributed by atoms with van der Waals surface area (Å²) in [6.07, 6.45) is 2.32. The van der Waals surface area contributed by atoms with Crippen molar-refractivity contribution in [3.05, 3.63) is 66.1 Å². The van der Waals surface area contributed by atoms with Crippen LogP contribution in [0, 0.1) is 5.82 Å². The molecule has 3 N–H and O–H groups in total. The van der Waals surface area contributed by atoms with Gasteiger partial charge >= 0.3 is 0 Å². The van der Waals surface area contributed by atoms with Gasteiger partial charge in [-0.15, -0.1) is 0 Å². The Morgan fingerprint density at radius 1 is 1.15 bits per heavy atom. The average molecular weight is 570 g/mol. The molecule has 12 heteroatoms. The Balaban J connectivity index is 1.35. The number of halogens is 2. The van der Waals surface area contributed by atoms with Crippen LogP contribution in [-0.2, 0) is 21.1 Å². The standard InChI is InChI=1S/C28H29F2N5O4S/c1-17(8-10-29)40(36,37)21-5-3-19(4-6-21)25-15-33-28(31)27(34-25)26-13-24(35-39-26)22-7-2-18(12-23(22)30)14-32-20-9-11-38-16-20/h2-7,12-13,15,17,20,32H,8-11,14,16H2,1H3,(H2,31,33)/t17?,20-/m1/s1. The summed E-state index contributed by atoms with van der Waals surface area (Å²) >= 11 is 0. The minimum absolute atomic E-state index is 0.0719. The number of hydrogen-bond acceptors (Lipinski definition) is 9. The lowest BCUT2D eigenvalue weighted by molar-refractivity contribution is 0.190. The minimum atomic E-state index is -3.65. The fraction of sp³-hybridized carbons (Fsp3) is 0.321. The van der Waals surface area contributed by atoms with Gasteiger partial charge in [0.2, 0.25) is 0 Å². The Kier molecular flexibility index (Phi) is 8.19. The van der Waals surface area contributed by atoms with Crippen LogP contribution in [0.5, 0.6) is 0 Å². The van der Waals surface area contributed by atoms with Gasteiger partial charge in [-0.3, -0.25) is 4.39 Å². The molecule has 0 radical (unpaired) electrons. The molecule has 1 aliphatic rings. The van der Waals surface area contributed by atoms with Gasteiger partial charge in [0.1, 0.15) is 11.5 Å². The van der Waals surface area contributed by atoms with Gasteiger partial charge in [-0.05, 0) is 49.6 Å². The molecule has 40 heavy (non-hydrogen) atoms. The highest BCUT2D eigenvalue weighted by Crippen LogP contribution is 2.31. The number of nitrogens with zero attached hydrogens (tertiary/aromatic N) is 3. The molecule has 9 nitrogen and oxygen atoms in total. The Morgan fingerprint density at radius 2 is 1.95 bits per heavy atom. The third kappa shape index (κ3) is 5.88. The number of aromatic nitrogens is 3. The van der Waals surface area contributed by atoms with Crippen molar-refractivity contribution in [2.45, 2.75) is 42.5 Å². The van der Waals surface area contributed by atoms with Gasteiger partial charge in [-0.25, -0.2) is 22.8 Å². The van der Waals surface area contributed by atoms with E-state index in [4.69, 9.17) is 15.0 Å².